The van der Waals surface area contributed by atoms with E-state index in [9.17, 15) is 19.5 Å². The Kier molecular flexibility index (Phi) is 5.68. The van der Waals surface area contributed by atoms with Crippen LogP contribution in [0.3, 0.4) is 0 Å². The number of hydrazone groups is 1. The van der Waals surface area contributed by atoms with Gasteiger partial charge < -0.3 is 5.11 Å². The zero-order valence-corrected chi connectivity index (χ0v) is 18.5. The van der Waals surface area contributed by atoms with E-state index in [1.807, 2.05) is 0 Å². The van der Waals surface area contributed by atoms with E-state index in [0.717, 1.165) is 15.7 Å². The maximum absolute atomic E-state index is 13.0. The quantitative estimate of drug-likeness (QED) is 0.540. The highest BCUT2D eigenvalue weighted by molar-refractivity contribution is 6.38. The van der Waals surface area contributed by atoms with Gasteiger partial charge in [0.1, 0.15) is 5.56 Å². The molecule has 1 aliphatic rings. The zero-order valence-electron chi connectivity index (χ0n) is 16.3. The van der Waals surface area contributed by atoms with E-state index in [2.05, 4.69) is 10.1 Å². The maximum Gasteiger partial charge on any atom is 0.335 e. The van der Waals surface area contributed by atoms with E-state index >= 15 is 0 Å². The Morgan fingerprint density at radius 1 is 1.03 bits per heavy atom. The summed E-state index contributed by atoms with van der Waals surface area (Å²) in [5.74, 6) is -1.25. The van der Waals surface area contributed by atoms with Crippen molar-refractivity contribution in [3.63, 3.8) is 0 Å². The van der Waals surface area contributed by atoms with Gasteiger partial charge in [0.05, 0.1) is 27.7 Å². The van der Waals surface area contributed by atoms with E-state index in [4.69, 9.17) is 34.8 Å². The number of benzene rings is 2. The first-order chi connectivity index (χ1) is 15.2. The molecule has 0 bridgehead atoms. The molecule has 2 N–H and O–H groups in total. The molecule has 1 amide bonds. The van der Waals surface area contributed by atoms with Gasteiger partial charge in [0.15, 0.2) is 0 Å². The van der Waals surface area contributed by atoms with Crippen LogP contribution in [0.5, 0.6) is 5.88 Å². The Morgan fingerprint density at radius 2 is 1.75 bits per heavy atom. The second-order valence-electron chi connectivity index (χ2n) is 6.77. The highest BCUT2D eigenvalue weighted by Crippen LogP contribution is 2.33. The summed E-state index contributed by atoms with van der Waals surface area (Å²) in [4.78, 5) is 40.0. The Bertz CT molecular complexity index is 1460. The number of aromatic amines is 1. The van der Waals surface area contributed by atoms with Gasteiger partial charge in [0, 0.05) is 10.0 Å². The lowest BCUT2D eigenvalue weighted by atomic mass is 10.1. The fourth-order valence-corrected chi connectivity index (χ4v) is 3.71. The Morgan fingerprint density at radius 3 is 2.47 bits per heavy atom. The molecule has 0 atom stereocenters. The number of rotatable bonds is 3. The predicted octanol–water partition coefficient (Wildman–Crippen LogP) is 4.00. The fourth-order valence-electron chi connectivity index (χ4n) is 3.16. The highest BCUT2D eigenvalue weighted by atomic mass is 35.5. The standard InChI is InChI=1S/C21H13Cl3N4O4/c1-10-14(20(31)28(26-10)17-8-12(23)5-6-16(17)24)9-15-18(29)25-21(32)27(19(15)30)13-4-2-3-11(22)7-13/h2-9,30H,1H3,(H,25,29,32)/b14-9-. The second-order valence-corrected chi connectivity index (χ2v) is 8.05. The van der Waals surface area contributed by atoms with Crippen LogP contribution < -0.4 is 16.3 Å². The average molecular weight is 492 g/mol. The van der Waals surface area contributed by atoms with Gasteiger partial charge in [-0.2, -0.15) is 10.1 Å². The van der Waals surface area contributed by atoms with E-state index < -0.39 is 23.0 Å². The number of halogens is 3. The van der Waals surface area contributed by atoms with Crippen LogP contribution in [0.25, 0.3) is 11.8 Å². The molecule has 0 spiro atoms. The van der Waals surface area contributed by atoms with Crippen molar-refractivity contribution in [2.24, 2.45) is 5.10 Å². The minimum atomic E-state index is -0.877. The van der Waals surface area contributed by atoms with Gasteiger partial charge in [-0.05, 0) is 49.4 Å². The minimum absolute atomic E-state index is 0.0261. The smallest absolute Gasteiger partial charge is 0.335 e. The molecule has 0 aliphatic carbocycles. The molecule has 1 aliphatic heterocycles. The van der Waals surface area contributed by atoms with Crippen LogP contribution in [0, 0.1) is 0 Å². The molecule has 4 rings (SSSR count). The number of nitrogens with one attached hydrogen (secondary N) is 1. The third kappa shape index (κ3) is 3.84. The number of nitrogens with zero attached hydrogens (tertiary/aromatic N) is 3. The molecule has 0 fully saturated rings. The summed E-state index contributed by atoms with van der Waals surface area (Å²) >= 11 is 18.2. The number of hydrogen-bond donors (Lipinski definition) is 2. The van der Waals surface area contributed by atoms with Crippen molar-refractivity contribution in [3.8, 4) is 11.6 Å². The van der Waals surface area contributed by atoms with Crippen molar-refractivity contribution in [2.75, 3.05) is 5.01 Å². The molecule has 0 radical (unpaired) electrons. The Hall–Kier alpha value is -3.33. The number of amides is 1. The molecular formula is C21H13Cl3N4O4. The molecule has 0 unspecified atom stereocenters. The van der Waals surface area contributed by atoms with Crippen molar-refractivity contribution in [1.29, 1.82) is 0 Å². The summed E-state index contributed by atoms with van der Waals surface area (Å²) in [5, 5.41) is 16.9. The number of aromatic nitrogens is 2. The zero-order chi connectivity index (χ0) is 23.2. The summed E-state index contributed by atoms with van der Waals surface area (Å²) in [6.45, 7) is 1.56. The number of anilines is 1. The first kappa shape index (κ1) is 21.9. The van der Waals surface area contributed by atoms with Gasteiger partial charge in [-0.1, -0.05) is 40.9 Å². The predicted molar refractivity (Wildman–Crippen MR) is 124 cm³/mol. The molecule has 0 saturated heterocycles. The topological polar surface area (TPSA) is 108 Å². The molecular weight excluding hydrogens is 479 g/mol. The monoisotopic (exact) mass is 490 g/mol. The van der Waals surface area contributed by atoms with Gasteiger partial charge in [0.25, 0.3) is 11.5 Å². The maximum atomic E-state index is 13.0. The van der Waals surface area contributed by atoms with Crippen LogP contribution in [0.1, 0.15) is 12.5 Å². The average Bonchev–Trinajstić information content (AvgIpc) is 3.00. The largest absolute Gasteiger partial charge is 0.494 e. The van der Waals surface area contributed by atoms with Gasteiger partial charge in [-0.25, -0.2) is 9.36 Å². The van der Waals surface area contributed by atoms with E-state index in [1.165, 1.54) is 24.3 Å². The summed E-state index contributed by atoms with van der Waals surface area (Å²) in [6.07, 6.45) is 1.16. The normalized spacial score (nSPS) is 14.9. The molecule has 1 aromatic heterocycles. The molecule has 8 nitrogen and oxygen atoms in total. The highest BCUT2D eigenvalue weighted by Gasteiger charge is 2.31. The first-order valence-electron chi connectivity index (χ1n) is 9.08. The number of carbonyl (C=O) groups excluding carboxylic acids is 1. The van der Waals surface area contributed by atoms with E-state index in [0.29, 0.717) is 10.0 Å². The van der Waals surface area contributed by atoms with Crippen molar-refractivity contribution in [3.05, 3.63) is 89.5 Å². The van der Waals surface area contributed by atoms with E-state index in [1.54, 1.807) is 25.1 Å². The SMILES string of the molecule is CC1=NN(c2cc(Cl)ccc2Cl)C(=O)/C1=C\c1c(O)n(-c2cccc(Cl)c2)c(=O)[nH]c1=O. The Balaban J connectivity index is 1.84. The lowest BCUT2D eigenvalue weighted by molar-refractivity contribution is -0.114. The van der Waals surface area contributed by atoms with Crippen LogP contribution in [0.15, 0.2) is 62.7 Å². The summed E-state index contributed by atoms with van der Waals surface area (Å²) in [7, 11) is 0. The second kappa shape index (κ2) is 8.31. The third-order valence-corrected chi connectivity index (χ3v) is 5.46. The summed E-state index contributed by atoms with van der Waals surface area (Å²) < 4.78 is 0.872. The van der Waals surface area contributed by atoms with Crippen molar-refractivity contribution in [1.82, 2.24) is 9.55 Å². The van der Waals surface area contributed by atoms with E-state index in [-0.39, 0.29) is 33.2 Å². The Labute approximate surface area is 195 Å². The number of carbonyl (C=O) groups is 1. The summed E-state index contributed by atoms with van der Waals surface area (Å²) in [6, 6.07) is 10.7. The van der Waals surface area contributed by atoms with Crippen molar-refractivity contribution >= 4 is 58.2 Å². The number of aromatic hydroxyl groups is 1. The third-order valence-electron chi connectivity index (χ3n) is 4.67. The fraction of sp³-hybridized carbons (Fsp3) is 0.0476. The minimum Gasteiger partial charge on any atom is -0.494 e. The van der Waals surface area contributed by atoms with Gasteiger partial charge >= 0.3 is 5.69 Å². The molecule has 162 valence electrons. The van der Waals surface area contributed by atoms with Crippen LogP contribution in [0.2, 0.25) is 15.1 Å². The lowest BCUT2D eigenvalue weighted by Gasteiger charge is -2.14. The van der Waals surface area contributed by atoms with Gasteiger partial charge in [0.2, 0.25) is 5.88 Å². The molecule has 0 saturated carbocycles. The summed E-state index contributed by atoms with van der Waals surface area (Å²) in [5.41, 5.74) is -1.27. The molecule has 32 heavy (non-hydrogen) atoms. The van der Waals surface area contributed by atoms with Gasteiger partial charge in [-0.3, -0.25) is 14.6 Å². The number of H-pyrrole nitrogens is 1. The molecule has 3 aromatic rings. The van der Waals surface area contributed by atoms with Crippen LogP contribution in [0.4, 0.5) is 5.69 Å². The number of hydrogen-bond acceptors (Lipinski definition) is 5. The van der Waals surface area contributed by atoms with Gasteiger partial charge in [-0.15, -0.1) is 0 Å². The van der Waals surface area contributed by atoms with Crippen LogP contribution in [-0.2, 0) is 4.79 Å². The van der Waals surface area contributed by atoms with Crippen molar-refractivity contribution < 1.29 is 9.90 Å². The van der Waals surface area contributed by atoms with Crippen LogP contribution >= 0.6 is 34.8 Å². The van der Waals surface area contributed by atoms with Crippen molar-refractivity contribution in [2.45, 2.75) is 6.92 Å². The van der Waals surface area contributed by atoms with Crippen LogP contribution in [-0.4, -0.2) is 26.3 Å². The first-order valence-corrected chi connectivity index (χ1v) is 10.2. The molecule has 11 heteroatoms. The molecule has 2 aromatic carbocycles. The molecule has 2 heterocycles. The lowest BCUT2D eigenvalue weighted by Crippen LogP contribution is -2.30.